The molecule has 1 aromatic carbocycles. The van der Waals surface area contributed by atoms with Crippen LogP contribution >= 0.6 is 0 Å². The minimum atomic E-state index is -4.67. The first-order valence-electron chi connectivity index (χ1n) is 8.87. The number of carbonyl (C=O) groups excluding carboxylic acids is 1. The summed E-state index contributed by atoms with van der Waals surface area (Å²) in [6.45, 7) is 0.0256. The van der Waals surface area contributed by atoms with Gasteiger partial charge in [-0.1, -0.05) is 6.07 Å². The summed E-state index contributed by atoms with van der Waals surface area (Å²) < 4.78 is 101. The highest BCUT2D eigenvalue weighted by atomic mass is 32.2. The molecule has 1 aliphatic rings. The fourth-order valence-electron chi connectivity index (χ4n) is 3.04. The lowest BCUT2D eigenvalue weighted by Crippen LogP contribution is -2.42. The number of nitrogens with zero attached hydrogens (tertiary/aromatic N) is 2. The van der Waals surface area contributed by atoms with Crippen molar-refractivity contribution in [1.29, 1.82) is 0 Å². The van der Waals surface area contributed by atoms with Gasteiger partial charge in [0.15, 0.2) is 9.84 Å². The third-order valence-electron chi connectivity index (χ3n) is 4.85. The maximum absolute atomic E-state index is 12.8. The summed E-state index contributed by atoms with van der Waals surface area (Å²) in [7, 11) is -3.97. The lowest BCUT2D eigenvalue weighted by Gasteiger charge is -2.34. The van der Waals surface area contributed by atoms with E-state index in [0.717, 1.165) is 18.2 Å². The molecule has 13 heteroatoms. The quantitative estimate of drug-likeness (QED) is 0.680. The van der Waals surface area contributed by atoms with E-state index in [9.17, 15) is 39.6 Å². The number of alkyl halides is 6. The molecule has 0 bridgehead atoms. The molecule has 0 atom stereocenters. The highest BCUT2D eigenvalue weighted by Crippen LogP contribution is 2.37. The van der Waals surface area contributed by atoms with Gasteiger partial charge in [0.05, 0.1) is 21.3 Å². The summed E-state index contributed by atoms with van der Waals surface area (Å²) in [6, 6.07) is 3.49. The van der Waals surface area contributed by atoms with Crippen LogP contribution in [-0.4, -0.2) is 36.1 Å². The molecular formula is C18H15F6N3O3S. The predicted octanol–water partition coefficient (Wildman–Crippen LogP) is 3.50. The van der Waals surface area contributed by atoms with E-state index < -0.39 is 55.2 Å². The van der Waals surface area contributed by atoms with Gasteiger partial charge in [0.25, 0.3) is 5.91 Å². The molecular weight excluding hydrogens is 452 g/mol. The maximum atomic E-state index is 12.8. The van der Waals surface area contributed by atoms with Gasteiger partial charge in [-0.25, -0.2) is 18.4 Å². The predicted molar refractivity (Wildman–Crippen MR) is 94.5 cm³/mol. The summed E-state index contributed by atoms with van der Waals surface area (Å²) >= 11 is 0. The van der Waals surface area contributed by atoms with Crippen molar-refractivity contribution in [2.75, 3.05) is 6.54 Å². The van der Waals surface area contributed by atoms with E-state index in [1.54, 1.807) is 0 Å². The van der Waals surface area contributed by atoms with Crippen LogP contribution in [0.1, 0.15) is 34.6 Å². The Kier molecular flexibility index (Phi) is 6.00. The highest BCUT2D eigenvalue weighted by molar-refractivity contribution is 7.92. The summed E-state index contributed by atoms with van der Waals surface area (Å²) in [5.41, 5.74) is -2.17. The number of nitrogens with one attached hydrogen (secondary N) is 1. The Hall–Kier alpha value is -2.70. The average molecular weight is 467 g/mol. The van der Waals surface area contributed by atoms with Crippen molar-refractivity contribution >= 4 is 15.7 Å². The molecule has 0 saturated heterocycles. The van der Waals surface area contributed by atoms with Crippen LogP contribution in [0.4, 0.5) is 26.3 Å². The first kappa shape index (κ1) is 23.0. The van der Waals surface area contributed by atoms with Crippen molar-refractivity contribution < 1.29 is 39.6 Å². The van der Waals surface area contributed by atoms with E-state index in [0.29, 0.717) is 18.5 Å². The number of aromatic nitrogens is 2. The minimum Gasteiger partial charge on any atom is -0.349 e. The van der Waals surface area contributed by atoms with Gasteiger partial charge < -0.3 is 5.32 Å². The highest BCUT2D eigenvalue weighted by Gasteiger charge is 2.40. The van der Waals surface area contributed by atoms with Crippen LogP contribution in [0.2, 0.25) is 0 Å². The van der Waals surface area contributed by atoms with Crippen molar-refractivity contribution in [3.05, 3.63) is 53.6 Å². The lowest BCUT2D eigenvalue weighted by molar-refractivity contribution is -0.138. The second-order valence-electron chi connectivity index (χ2n) is 7.03. The number of carbonyl (C=O) groups is 1. The fourth-order valence-corrected chi connectivity index (χ4v) is 5.04. The van der Waals surface area contributed by atoms with E-state index in [1.807, 2.05) is 0 Å². The Morgan fingerprint density at radius 1 is 1.00 bits per heavy atom. The summed E-state index contributed by atoms with van der Waals surface area (Å²) in [4.78, 5) is 18.2. The molecule has 31 heavy (non-hydrogen) atoms. The van der Waals surface area contributed by atoms with Crippen molar-refractivity contribution in [1.82, 2.24) is 15.3 Å². The molecule has 3 rings (SSSR count). The first-order chi connectivity index (χ1) is 14.3. The van der Waals surface area contributed by atoms with E-state index >= 15 is 0 Å². The molecule has 1 N–H and O–H groups in total. The molecule has 1 aromatic heterocycles. The topological polar surface area (TPSA) is 89.0 Å². The Morgan fingerprint density at radius 2 is 1.58 bits per heavy atom. The standard InChI is InChI=1S/C18H15F6N3O3S/c19-17(20,21)11-2-1-3-13(6-11)31(29,30)14-4-10(5-14)7-27-16(28)15-25-8-12(9-26-15)18(22,23)24/h1-3,6,8-10,14H,4-5,7H2,(H,27,28). The second-order valence-corrected chi connectivity index (χ2v) is 9.26. The van der Waals surface area contributed by atoms with Gasteiger partial charge in [0.2, 0.25) is 5.82 Å². The number of benzene rings is 1. The van der Waals surface area contributed by atoms with Gasteiger partial charge in [-0.05, 0) is 37.0 Å². The molecule has 6 nitrogen and oxygen atoms in total. The van der Waals surface area contributed by atoms with E-state index in [4.69, 9.17) is 0 Å². The first-order valence-corrected chi connectivity index (χ1v) is 10.4. The Morgan fingerprint density at radius 3 is 2.13 bits per heavy atom. The Balaban J connectivity index is 1.55. The van der Waals surface area contributed by atoms with Gasteiger partial charge in [0.1, 0.15) is 0 Å². The summed E-state index contributed by atoms with van der Waals surface area (Å²) in [5, 5.41) is 1.52. The van der Waals surface area contributed by atoms with E-state index in [2.05, 4.69) is 15.3 Å². The van der Waals surface area contributed by atoms with Gasteiger partial charge >= 0.3 is 12.4 Å². The fraction of sp³-hybridized carbons (Fsp3) is 0.389. The third kappa shape index (κ3) is 5.14. The smallest absolute Gasteiger partial charge is 0.349 e. The normalized spacial score (nSPS) is 19.5. The molecule has 1 aliphatic carbocycles. The molecule has 0 unspecified atom stereocenters. The Labute approximate surface area is 172 Å². The van der Waals surface area contributed by atoms with Crippen LogP contribution < -0.4 is 5.32 Å². The molecule has 0 spiro atoms. The van der Waals surface area contributed by atoms with Crippen LogP contribution in [0.5, 0.6) is 0 Å². The van der Waals surface area contributed by atoms with Crippen molar-refractivity contribution in [2.45, 2.75) is 35.3 Å². The SMILES string of the molecule is O=C(NCC1CC(S(=O)(=O)c2cccc(C(F)(F)F)c2)C1)c1ncc(C(F)(F)F)cn1. The second kappa shape index (κ2) is 8.09. The monoisotopic (exact) mass is 467 g/mol. The van der Waals surface area contributed by atoms with Crippen LogP contribution in [0.3, 0.4) is 0 Å². The molecule has 0 radical (unpaired) electrons. The third-order valence-corrected chi connectivity index (χ3v) is 7.03. The van der Waals surface area contributed by atoms with Gasteiger partial charge in [0, 0.05) is 18.9 Å². The zero-order valence-corrected chi connectivity index (χ0v) is 16.4. The minimum absolute atomic E-state index is 0.0256. The zero-order valence-electron chi connectivity index (χ0n) is 15.5. The van der Waals surface area contributed by atoms with Gasteiger partial charge in [-0.3, -0.25) is 4.79 Å². The molecule has 168 valence electrons. The lowest BCUT2D eigenvalue weighted by atomic mass is 9.85. The number of halogens is 6. The van der Waals surface area contributed by atoms with Crippen molar-refractivity contribution in [2.24, 2.45) is 5.92 Å². The summed E-state index contributed by atoms with van der Waals surface area (Å²) in [6.07, 6.45) is -8.12. The number of hydrogen-bond acceptors (Lipinski definition) is 5. The molecule has 1 saturated carbocycles. The zero-order chi connectivity index (χ0) is 23.0. The largest absolute Gasteiger partial charge is 0.419 e. The van der Waals surface area contributed by atoms with Gasteiger partial charge in [-0.15, -0.1) is 0 Å². The van der Waals surface area contributed by atoms with E-state index in [-0.39, 0.29) is 25.3 Å². The van der Waals surface area contributed by atoms with Crippen LogP contribution in [0.25, 0.3) is 0 Å². The molecule has 2 aromatic rings. The Bertz CT molecular complexity index is 1060. The van der Waals surface area contributed by atoms with Crippen LogP contribution in [0.15, 0.2) is 41.6 Å². The van der Waals surface area contributed by atoms with Crippen molar-refractivity contribution in [3.8, 4) is 0 Å². The van der Waals surface area contributed by atoms with Crippen molar-refractivity contribution in [3.63, 3.8) is 0 Å². The molecule has 0 aliphatic heterocycles. The molecule has 1 heterocycles. The molecule has 1 amide bonds. The maximum Gasteiger partial charge on any atom is 0.419 e. The van der Waals surface area contributed by atoms with Gasteiger partial charge in [-0.2, -0.15) is 26.3 Å². The number of amides is 1. The summed E-state index contributed by atoms with van der Waals surface area (Å²) in [5.74, 6) is -1.55. The molecule has 1 fully saturated rings. The van der Waals surface area contributed by atoms with Crippen LogP contribution in [-0.2, 0) is 22.2 Å². The van der Waals surface area contributed by atoms with E-state index in [1.165, 1.54) is 0 Å². The number of sulfone groups is 1. The van der Waals surface area contributed by atoms with Crippen LogP contribution in [0, 0.1) is 5.92 Å². The average Bonchev–Trinajstić information content (AvgIpc) is 2.65. The number of hydrogen-bond donors (Lipinski definition) is 1. The number of rotatable bonds is 5.